The standard InChI is InChI=1S/C29H24NO.C19H26GeN.Ir/c1-3-8-20(9-4-1)22-14-15-24-25-12-7-13-26(29(25)31-28(24)19-22)27-18-23(16-17-30-27)21-10-5-2-6-11-21;1-19(2,3)13-16-12-18(15-10-8-7-9-11-15)21-14-17(16)20(4,5)6;/h1,3-4,7-9,12,14-19,21H,2,5-6,10-11H2;7-10,12,14H,13H2,1-6H3;/q2*-1;/i1D,3D,4D,8D,9D,21D;13D2;. The van der Waals surface area contributed by atoms with E-state index in [1.54, 1.807) is 18.3 Å². The molecule has 0 saturated heterocycles. The van der Waals surface area contributed by atoms with Crippen LogP contribution in [-0.2, 0) is 26.5 Å². The van der Waals surface area contributed by atoms with Crippen LogP contribution in [0, 0.1) is 17.5 Å². The number of hydrogen-bond donors (Lipinski definition) is 0. The zero-order valence-corrected chi connectivity index (χ0v) is 35.7. The van der Waals surface area contributed by atoms with Gasteiger partial charge in [0.2, 0.25) is 0 Å². The van der Waals surface area contributed by atoms with E-state index in [0.29, 0.717) is 28.0 Å². The third-order valence-electron chi connectivity index (χ3n) is 9.31. The summed E-state index contributed by atoms with van der Waals surface area (Å²) in [5, 5.41) is 1.73. The predicted molar refractivity (Wildman–Crippen MR) is 222 cm³/mol. The topological polar surface area (TPSA) is 38.9 Å². The Morgan fingerprint density at radius 1 is 0.849 bits per heavy atom. The van der Waals surface area contributed by atoms with Crippen LogP contribution in [0.3, 0.4) is 0 Å². The van der Waals surface area contributed by atoms with Crippen LogP contribution < -0.4 is 4.40 Å². The Morgan fingerprint density at radius 3 is 2.36 bits per heavy atom. The summed E-state index contributed by atoms with van der Waals surface area (Å²) >= 11 is -2.24. The normalized spacial score (nSPS) is 16.7. The molecule has 5 heteroatoms. The molecule has 1 radical (unpaired) electrons. The van der Waals surface area contributed by atoms with Gasteiger partial charge in [0, 0.05) is 33.1 Å². The Kier molecular flexibility index (Phi) is 9.29. The molecule has 0 bridgehead atoms. The molecule has 0 amide bonds. The number of fused-ring (bicyclic) bond motifs is 3. The molecule has 7 aromatic rings. The Labute approximate surface area is 343 Å². The van der Waals surface area contributed by atoms with E-state index in [-0.39, 0.29) is 49.8 Å². The first kappa shape index (κ1) is 29.5. The maximum Gasteiger partial charge on any atom is 0.121 e. The third-order valence-corrected chi connectivity index (χ3v) is 13.5. The zero-order chi connectivity index (χ0) is 43.4. The molecule has 273 valence electrons. The monoisotopic (exact) mass is 945 g/mol. The van der Waals surface area contributed by atoms with Gasteiger partial charge < -0.3 is 9.40 Å². The molecule has 3 nitrogen and oxygen atoms in total. The molecule has 0 spiro atoms. The molecular weight excluding hydrogens is 885 g/mol. The van der Waals surface area contributed by atoms with E-state index in [4.69, 9.17) is 15.4 Å². The summed E-state index contributed by atoms with van der Waals surface area (Å²) in [5.74, 6) is 6.26. The fourth-order valence-corrected chi connectivity index (χ4v) is 9.72. The van der Waals surface area contributed by atoms with Crippen LogP contribution in [-0.4, -0.2) is 23.2 Å². The average molecular weight is 944 g/mol. The van der Waals surface area contributed by atoms with Crippen LogP contribution in [0.2, 0.25) is 17.3 Å². The number of aromatic nitrogens is 2. The summed E-state index contributed by atoms with van der Waals surface area (Å²) in [6.45, 7) is 5.88. The Balaban J connectivity index is 0.000000225. The van der Waals surface area contributed by atoms with Gasteiger partial charge >= 0.3 is 135 Å². The molecule has 3 aromatic heterocycles. The smallest absolute Gasteiger partial charge is 0.121 e. The maximum atomic E-state index is 9.02. The van der Waals surface area contributed by atoms with E-state index < -0.39 is 37.0 Å². The van der Waals surface area contributed by atoms with Crippen LogP contribution >= 0.6 is 0 Å². The first-order valence-corrected chi connectivity index (χ1v) is 25.5. The van der Waals surface area contributed by atoms with Crippen LogP contribution in [0.15, 0.2) is 120 Å². The molecule has 4 aromatic carbocycles. The molecule has 0 aliphatic heterocycles. The number of pyridine rings is 2. The second kappa shape index (κ2) is 16.7. The summed E-state index contributed by atoms with van der Waals surface area (Å²) in [5.41, 5.74) is 6.19. The summed E-state index contributed by atoms with van der Waals surface area (Å²) < 4.78 is 74.5. The van der Waals surface area contributed by atoms with E-state index in [0.717, 1.165) is 63.2 Å². The second-order valence-electron chi connectivity index (χ2n) is 15.5. The van der Waals surface area contributed by atoms with E-state index in [9.17, 15) is 0 Å². The van der Waals surface area contributed by atoms with Gasteiger partial charge in [0.25, 0.3) is 0 Å². The minimum Gasteiger partial charge on any atom is -0.501 e. The molecule has 3 heterocycles. The molecule has 0 unspecified atom stereocenters. The number of furan rings is 1. The van der Waals surface area contributed by atoms with E-state index >= 15 is 0 Å². The van der Waals surface area contributed by atoms with Crippen molar-refractivity contribution in [2.75, 3.05) is 0 Å². The minimum atomic E-state index is -2.24. The van der Waals surface area contributed by atoms with E-state index in [1.807, 2.05) is 87.6 Å². The van der Waals surface area contributed by atoms with Crippen molar-refractivity contribution in [1.29, 1.82) is 0 Å². The molecule has 1 saturated carbocycles. The predicted octanol–water partition coefficient (Wildman–Crippen LogP) is 12.8. The Morgan fingerprint density at radius 2 is 1.64 bits per heavy atom. The summed E-state index contributed by atoms with van der Waals surface area (Å²) in [4.78, 5) is 9.21. The van der Waals surface area contributed by atoms with Gasteiger partial charge in [-0.25, -0.2) is 0 Å². The fourth-order valence-electron chi connectivity index (χ4n) is 6.80. The fraction of sp³-hybridized carbons (Fsp3) is 0.292. The van der Waals surface area contributed by atoms with Gasteiger partial charge in [0.15, 0.2) is 0 Å². The number of benzene rings is 4. The van der Waals surface area contributed by atoms with Gasteiger partial charge in [-0.15, -0.1) is 18.2 Å². The Hall–Kier alpha value is -3.83. The number of hydrogen-bond acceptors (Lipinski definition) is 3. The SMILES string of the molecule is [2H]C([2H])(c1cc(-c2[c-]cccc2)nc[c]1[Ge]([CH3])([CH3])[CH3])C(C)(C)C.[2H]c1c([2H])c([2H])c(-c2ccc3c(c2)oc2c(-c4cc(C5([2H])CCCCC5)ccn4)[c-]ccc23)c([2H])c1[2H].[Ir]. The maximum absolute atomic E-state index is 9.02. The van der Waals surface area contributed by atoms with Crippen molar-refractivity contribution >= 4 is 39.6 Å². The third kappa shape index (κ3) is 9.28. The van der Waals surface area contributed by atoms with Crippen molar-refractivity contribution in [3.63, 3.8) is 0 Å². The largest absolute Gasteiger partial charge is 0.501 e. The quantitative estimate of drug-likeness (QED) is 0.123. The van der Waals surface area contributed by atoms with E-state index in [2.05, 4.69) is 39.4 Å². The summed E-state index contributed by atoms with van der Waals surface area (Å²) in [6.07, 6.45) is 7.23. The van der Waals surface area contributed by atoms with Gasteiger partial charge in [0.05, 0.1) is 12.4 Å². The van der Waals surface area contributed by atoms with Gasteiger partial charge in [-0.3, -0.25) is 0 Å². The second-order valence-corrected chi connectivity index (χ2v) is 26.1. The Bertz CT molecular complexity index is 2690. The van der Waals surface area contributed by atoms with Crippen molar-refractivity contribution in [2.24, 2.45) is 5.41 Å². The van der Waals surface area contributed by atoms with Gasteiger partial charge in [-0.2, -0.15) is 0 Å². The van der Waals surface area contributed by atoms with Crippen LogP contribution in [0.5, 0.6) is 0 Å². The molecule has 53 heavy (non-hydrogen) atoms. The van der Waals surface area contributed by atoms with Crippen molar-refractivity contribution in [2.45, 2.75) is 82.4 Å². The van der Waals surface area contributed by atoms with Crippen LogP contribution in [0.4, 0.5) is 0 Å². The average Bonchev–Trinajstić information content (AvgIpc) is 3.60. The van der Waals surface area contributed by atoms with Crippen molar-refractivity contribution in [1.82, 2.24) is 9.97 Å². The number of rotatable bonds is 6. The van der Waals surface area contributed by atoms with Crippen molar-refractivity contribution in [3.05, 3.63) is 139 Å². The molecular formula is C48H50GeIrN2O-2. The minimum absolute atomic E-state index is 0. The van der Waals surface area contributed by atoms with Crippen LogP contribution in [0.1, 0.15) is 80.9 Å². The molecule has 1 aliphatic carbocycles. The van der Waals surface area contributed by atoms with Crippen molar-refractivity contribution < 1.29 is 35.5 Å². The van der Waals surface area contributed by atoms with Gasteiger partial charge in [-0.1, -0.05) is 84.2 Å². The number of nitrogens with zero attached hydrogens (tertiary/aromatic N) is 2. The molecule has 1 fully saturated rings. The molecule has 8 rings (SSSR count). The first-order chi connectivity index (χ1) is 28.2. The summed E-state index contributed by atoms with van der Waals surface area (Å²) in [7, 11) is 0. The van der Waals surface area contributed by atoms with E-state index in [1.165, 1.54) is 6.42 Å². The summed E-state index contributed by atoms with van der Waals surface area (Å²) in [6, 6.07) is 27.5. The van der Waals surface area contributed by atoms with Gasteiger partial charge in [-0.05, 0) is 47.7 Å². The van der Waals surface area contributed by atoms with Crippen LogP contribution in [0.25, 0.3) is 55.6 Å². The molecule has 0 atom stereocenters. The first-order valence-electron chi connectivity index (χ1n) is 22.1. The zero-order valence-electron chi connectivity index (χ0n) is 39.3. The van der Waals surface area contributed by atoms with Gasteiger partial charge in [0.1, 0.15) is 5.58 Å². The van der Waals surface area contributed by atoms with Crippen molar-refractivity contribution in [3.8, 4) is 33.6 Å². The molecule has 1 aliphatic rings. The molecule has 0 N–H and O–H groups in total.